The van der Waals surface area contributed by atoms with Crippen molar-refractivity contribution < 1.29 is 14.6 Å². The van der Waals surface area contributed by atoms with Crippen molar-refractivity contribution in [3.8, 4) is 5.75 Å². The van der Waals surface area contributed by atoms with Crippen LogP contribution in [-0.2, 0) is 0 Å². The van der Waals surface area contributed by atoms with Gasteiger partial charge in [0.2, 0.25) is 0 Å². The zero-order valence-corrected chi connectivity index (χ0v) is 12.1. The van der Waals surface area contributed by atoms with Crippen LogP contribution in [0.4, 0.5) is 10.5 Å². The van der Waals surface area contributed by atoms with E-state index in [9.17, 15) is 4.79 Å². The molecule has 5 nitrogen and oxygen atoms in total. The molecule has 0 bridgehead atoms. The number of likely N-dealkylation sites (tertiary alicyclic amines) is 1. The van der Waals surface area contributed by atoms with Crippen LogP contribution in [0, 0.1) is 12.8 Å². The Balaban J connectivity index is 1.96. The van der Waals surface area contributed by atoms with Crippen LogP contribution < -0.4 is 10.1 Å². The predicted octanol–water partition coefficient (Wildman–Crippen LogP) is 2.24. The van der Waals surface area contributed by atoms with E-state index in [2.05, 4.69) is 5.32 Å². The standard InChI is InChI=1S/C15H22N2O3/c1-3-20-14-5-4-13(8-11(14)2)16-15(19)17-7-6-12(9-17)10-18/h4-5,8,12,18H,3,6-7,9-10H2,1-2H3,(H,16,19). The number of carbonyl (C=O) groups excluding carboxylic acids is 1. The molecule has 1 aliphatic rings. The second-order valence-electron chi connectivity index (χ2n) is 5.13. The number of anilines is 1. The normalized spacial score (nSPS) is 18.1. The van der Waals surface area contributed by atoms with Gasteiger partial charge >= 0.3 is 6.03 Å². The number of aliphatic hydroxyl groups excluding tert-OH is 1. The highest BCUT2D eigenvalue weighted by molar-refractivity contribution is 5.89. The van der Waals surface area contributed by atoms with Crippen LogP contribution in [0.25, 0.3) is 0 Å². The van der Waals surface area contributed by atoms with E-state index >= 15 is 0 Å². The number of nitrogens with one attached hydrogen (secondary N) is 1. The van der Waals surface area contributed by atoms with Crippen molar-refractivity contribution >= 4 is 11.7 Å². The van der Waals surface area contributed by atoms with Gasteiger partial charge in [0.1, 0.15) is 5.75 Å². The minimum atomic E-state index is -0.107. The minimum Gasteiger partial charge on any atom is -0.494 e. The van der Waals surface area contributed by atoms with Crippen LogP contribution in [0.5, 0.6) is 5.75 Å². The molecule has 2 rings (SSSR count). The Kier molecular flexibility index (Phi) is 4.84. The van der Waals surface area contributed by atoms with Gasteiger partial charge in [0.15, 0.2) is 0 Å². The summed E-state index contributed by atoms with van der Waals surface area (Å²) in [6, 6.07) is 5.51. The first-order valence-electron chi connectivity index (χ1n) is 7.04. The summed E-state index contributed by atoms with van der Waals surface area (Å²) in [5.41, 5.74) is 1.77. The van der Waals surface area contributed by atoms with Crippen molar-refractivity contribution in [1.82, 2.24) is 4.90 Å². The number of aryl methyl sites for hydroxylation is 1. The van der Waals surface area contributed by atoms with Crippen LogP contribution >= 0.6 is 0 Å². The number of carbonyl (C=O) groups is 1. The van der Waals surface area contributed by atoms with Crippen molar-refractivity contribution in [1.29, 1.82) is 0 Å². The third kappa shape index (κ3) is 3.42. The Morgan fingerprint density at radius 2 is 2.35 bits per heavy atom. The topological polar surface area (TPSA) is 61.8 Å². The zero-order chi connectivity index (χ0) is 14.5. The molecule has 0 aromatic heterocycles. The molecule has 2 N–H and O–H groups in total. The maximum atomic E-state index is 12.1. The summed E-state index contributed by atoms with van der Waals surface area (Å²) in [6.07, 6.45) is 0.867. The van der Waals surface area contributed by atoms with Crippen molar-refractivity contribution in [3.05, 3.63) is 23.8 Å². The Hall–Kier alpha value is -1.75. The summed E-state index contributed by atoms with van der Waals surface area (Å²) in [5, 5.41) is 12.0. The predicted molar refractivity (Wildman–Crippen MR) is 78.1 cm³/mol. The van der Waals surface area contributed by atoms with E-state index in [1.54, 1.807) is 4.90 Å². The van der Waals surface area contributed by atoms with Gasteiger partial charge in [-0.15, -0.1) is 0 Å². The number of amides is 2. The third-order valence-electron chi connectivity index (χ3n) is 3.56. The van der Waals surface area contributed by atoms with E-state index in [4.69, 9.17) is 9.84 Å². The Morgan fingerprint density at radius 1 is 1.55 bits per heavy atom. The second-order valence-corrected chi connectivity index (χ2v) is 5.13. The largest absolute Gasteiger partial charge is 0.494 e. The molecule has 1 aromatic carbocycles. The lowest BCUT2D eigenvalue weighted by atomic mass is 10.1. The van der Waals surface area contributed by atoms with Gasteiger partial charge in [0.25, 0.3) is 0 Å². The van der Waals surface area contributed by atoms with E-state index in [1.165, 1.54) is 0 Å². The van der Waals surface area contributed by atoms with Gasteiger partial charge in [-0.1, -0.05) is 0 Å². The molecule has 1 saturated heterocycles. The first kappa shape index (κ1) is 14.7. The summed E-state index contributed by atoms with van der Waals surface area (Å²) >= 11 is 0. The van der Waals surface area contributed by atoms with Gasteiger partial charge < -0.3 is 20.1 Å². The first-order valence-corrected chi connectivity index (χ1v) is 7.04. The number of urea groups is 1. The molecular weight excluding hydrogens is 256 g/mol. The van der Waals surface area contributed by atoms with E-state index in [-0.39, 0.29) is 18.6 Å². The maximum Gasteiger partial charge on any atom is 0.321 e. The monoisotopic (exact) mass is 278 g/mol. The SMILES string of the molecule is CCOc1ccc(NC(=O)N2CCC(CO)C2)cc1C. The first-order chi connectivity index (χ1) is 9.63. The molecule has 0 radical (unpaired) electrons. The zero-order valence-electron chi connectivity index (χ0n) is 12.1. The average Bonchev–Trinajstić information content (AvgIpc) is 2.91. The fourth-order valence-corrected chi connectivity index (χ4v) is 2.41. The molecule has 0 saturated carbocycles. The number of nitrogens with zero attached hydrogens (tertiary/aromatic N) is 1. The Labute approximate surface area is 119 Å². The molecule has 1 fully saturated rings. The van der Waals surface area contributed by atoms with E-state index in [0.717, 1.165) is 23.4 Å². The van der Waals surface area contributed by atoms with Crippen molar-refractivity contribution in [2.24, 2.45) is 5.92 Å². The lowest BCUT2D eigenvalue weighted by molar-refractivity contribution is 0.209. The van der Waals surface area contributed by atoms with E-state index in [1.807, 2.05) is 32.0 Å². The Bertz CT molecular complexity index is 476. The smallest absolute Gasteiger partial charge is 0.321 e. The van der Waals surface area contributed by atoms with Gasteiger partial charge in [0.05, 0.1) is 6.61 Å². The quantitative estimate of drug-likeness (QED) is 0.888. The minimum absolute atomic E-state index is 0.107. The van der Waals surface area contributed by atoms with Gasteiger partial charge in [0, 0.05) is 31.3 Å². The fraction of sp³-hybridized carbons (Fsp3) is 0.533. The summed E-state index contributed by atoms with van der Waals surface area (Å²) in [6.45, 7) is 6.00. The third-order valence-corrected chi connectivity index (χ3v) is 3.56. The molecule has 0 spiro atoms. The van der Waals surface area contributed by atoms with Crippen molar-refractivity contribution in [2.45, 2.75) is 20.3 Å². The highest BCUT2D eigenvalue weighted by Crippen LogP contribution is 2.23. The second kappa shape index (κ2) is 6.61. The van der Waals surface area contributed by atoms with Gasteiger partial charge in [-0.25, -0.2) is 4.79 Å². The van der Waals surface area contributed by atoms with Crippen LogP contribution in [0.15, 0.2) is 18.2 Å². The maximum absolute atomic E-state index is 12.1. The number of hydrogen-bond acceptors (Lipinski definition) is 3. The summed E-state index contributed by atoms with van der Waals surface area (Å²) in [5.74, 6) is 1.05. The number of benzene rings is 1. The van der Waals surface area contributed by atoms with Crippen LogP contribution in [0.2, 0.25) is 0 Å². The summed E-state index contributed by atoms with van der Waals surface area (Å²) < 4.78 is 5.47. The summed E-state index contributed by atoms with van der Waals surface area (Å²) in [4.78, 5) is 13.8. The lowest BCUT2D eigenvalue weighted by Crippen LogP contribution is -2.33. The van der Waals surface area contributed by atoms with E-state index in [0.29, 0.717) is 19.7 Å². The highest BCUT2D eigenvalue weighted by atomic mass is 16.5. The average molecular weight is 278 g/mol. The van der Waals surface area contributed by atoms with Gasteiger partial charge in [-0.05, 0) is 44.0 Å². The molecule has 1 aliphatic heterocycles. The fourth-order valence-electron chi connectivity index (χ4n) is 2.41. The molecule has 5 heteroatoms. The van der Waals surface area contributed by atoms with Gasteiger partial charge in [-0.3, -0.25) is 0 Å². The molecule has 1 heterocycles. The number of hydrogen-bond donors (Lipinski definition) is 2. The Morgan fingerprint density at radius 3 is 2.95 bits per heavy atom. The molecule has 1 aromatic rings. The number of aliphatic hydroxyl groups is 1. The van der Waals surface area contributed by atoms with Crippen molar-refractivity contribution in [3.63, 3.8) is 0 Å². The van der Waals surface area contributed by atoms with Gasteiger partial charge in [-0.2, -0.15) is 0 Å². The number of ether oxygens (including phenoxy) is 1. The molecule has 110 valence electrons. The lowest BCUT2D eigenvalue weighted by Gasteiger charge is -2.17. The van der Waals surface area contributed by atoms with Crippen molar-refractivity contribution in [2.75, 3.05) is 31.6 Å². The highest BCUT2D eigenvalue weighted by Gasteiger charge is 2.25. The molecule has 2 amide bonds. The van der Waals surface area contributed by atoms with Crippen LogP contribution in [0.3, 0.4) is 0 Å². The van der Waals surface area contributed by atoms with Crippen LogP contribution in [-0.4, -0.2) is 42.3 Å². The molecule has 20 heavy (non-hydrogen) atoms. The van der Waals surface area contributed by atoms with E-state index < -0.39 is 0 Å². The summed E-state index contributed by atoms with van der Waals surface area (Å²) in [7, 11) is 0. The molecule has 1 atom stereocenters. The van der Waals surface area contributed by atoms with Crippen LogP contribution in [0.1, 0.15) is 18.9 Å². The molecule has 1 unspecified atom stereocenters. The molecule has 0 aliphatic carbocycles. The molecular formula is C15H22N2O3. The number of rotatable bonds is 4.